The first kappa shape index (κ1) is 14.3. The quantitative estimate of drug-likeness (QED) is 0.885. The summed E-state index contributed by atoms with van der Waals surface area (Å²) in [6, 6.07) is 14.4. The van der Waals surface area contributed by atoms with Crippen LogP contribution in [0.5, 0.6) is 0 Å². The maximum absolute atomic E-state index is 12.2. The Bertz CT molecular complexity index is 738. The van der Waals surface area contributed by atoms with E-state index in [2.05, 4.69) is 10.8 Å². The van der Waals surface area contributed by atoms with Crippen LogP contribution in [0, 0.1) is 0 Å². The summed E-state index contributed by atoms with van der Waals surface area (Å²) in [6.45, 7) is 0.327. The van der Waals surface area contributed by atoms with E-state index in [1.54, 1.807) is 12.1 Å². The minimum atomic E-state index is -3.49. The molecule has 2 aromatic carbocycles. The average Bonchev–Trinajstić information content (AvgIpc) is 2.48. The van der Waals surface area contributed by atoms with E-state index in [-0.39, 0.29) is 17.4 Å². The third-order valence-corrected chi connectivity index (χ3v) is 5.34. The summed E-state index contributed by atoms with van der Waals surface area (Å²) >= 11 is 0. The highest BCUT2D eigenvalue weighted by molar-refractivity contribution is 7.89. The highest BCUT2D eigenvalue weighted by atomic mass is 32.2. The average molecular weight is 303 g/mol. The first-order chi connectivity index (χ1) is 10.1. The predicted molar refractivity (Wildman–Crippen MR) is 80.4 cm³/mol. The molecule has 2 aromatic rings. The van der Waals surface area contributed by atoms with Crippen LogP contribution in [0.2, 0.25) is 0 Å². The van der Waals surface area contributed by atoms with E-state index in [0.717, 1.165) is 6.42 Å². The van der Waals surface area contributed by atoms with Crippen molar-refractivity contribution < 1.29 is 13.5 Å². The van der Waals surface area contributed by atoms with E-state index in [1.165, 1.54) is 23.3 Å². The van der Waals surface area contributed by atoms with Crippen molar-refractivity contribution in [2.75, 3.05) is 6.54 Å². The normalized spacial score (nSPS) is 17.1. The number of aliphatic hydroxyl groups is 1. The molecule has 0 bridgehead atoms. The molecule has 1 atom stereocenters. The fourth-order valence-corrected chi connectivity index (χ4v) is 3.69. The summed E-state index contributed by atoms with van der Waals surface area (Å²) < 4.78 is 27.1. The molecular formula is C16H17NO3S. The second kappa shape index (κ2) is 5.60. The monoisotopic (exact) mass is 303 g/mol. The predicted octanol–water partition coefficient (Wildman–Crippen LogP) is 1.80. The van der Waals surface area contributed by atoms with Gasteiger partial charge >= 0.3 is 0 Å². The van der Waals surface area contributed by atoms with Crippen molar-refractivity contribution in [2.24, 2.45) is 0 Å². The Kier molecular flexibility index (Phi) is 3.80. The van der Waals surface area contributed by atoms with Crippen molar-refractivity contribution in [1.29, 1.82) is 0 Å². The number of rotatable bonds is 5. The lowest BCUT2D eigenvalue weighted by atomic mass is 9.78. The van der Waals surface area contributed by atoms with Gasteiger partial charge in [-0.05, 0) is 35.2 Å². The van der Waals surface area contributed by atoms with Gasteiger partial charge in [0, 0.05) is 12.5 Å². The van der Waals surface area contributed by atoms with Crippen LogP contribution in [0.3, 0.4) is 0 Å². The number of benzene rings is 2. The zero-order chi connectivity index (χ0) is 14.9. The van der Waals surface area contributed by atoms with E-state index in [1.807, 2.05) is 18.2 Å². The molecule has 0 saturated heterocycles. The number of sulfonamides is 1. The van der Waals surface area contributed by atoms with Gasteiger partial charge in [0.2, 0.25) is 10.0 Å². The molecule has 0 radical (unpaired) electrons. The second-order valence-corrected chi connectivity index (χ2v) is 7.02. The highest BCUT2D eigenvalue weighted by Crippen LogP contribution is 2.34. The minimum absolute atomic E-state index is 0.0907. The molecule has 21 heavy (non-hydrogen) atoms. The van der Waals surface area contributed by atoms with E-state index in [9.17, 15) is 8.42 Å². The number of fused-ring (bicyclic) bond motifs is 1. The Hall–Kier alpha value is -1.69. The van der Waals surface area contributed by atoms with E-state index < -0.39 is 10.0 Å². The summed E-state index contributed by atoms with van der Waals surface area (Å²) in [5.74, 6) is 0.257. The van der Waals surface area contributed by atoms with Crippen molar-refractivity contribution >= 4 is 10.0 Å². The van der Waals surface area contributed by atoms with Crippen molar-refractivity contribution in [3.05, 3.63) is 65.2 Å². The molecule has 2 N–H and O–H groups in total. The Morgan fingerprint density at radius 1 is 1.10 bits per heavy atom. The van der Waals surface area contributed by atoms with Crippen molar-refractivity contribution in [2.45, 2.75) is 23.8 Å². The molecule has 5 heteroatoms. The number of aliphatic hydroxyl groups excluding tert-OH is 1. The van der Waals surface area contributed by atoms with Gasteiger partial charge in [0.25, 0.3) is 0 Å². The van der Waals surface area contributed by atoms with Gasteiger partial charge in [0.05, 0.1) is 11.5 Å². The zero-order valence-corrected chi connectivity index (χ0v) is 12.3. The van der Waals surface area contributed by atoms with Gasteiger partial charge in [0.1, 0.15) is 0 Å². The third-order valence-electron chi connectivity index (χ3n) is 3.90. The lowest BCUT2D eigenvalue weighted by molar-refractivity contribution is 0.282. The second-order valence-electron chi connectivity index (χ2n) is 5.25. The Labute approximate surface area is 124 Å². The topological polar surface area (TPSA) is 66.4 Å². The van der Waals surface area contributed by atoms with Crippen molar-refractivity contribution in [3.63, 3.8) is 0 Å². The Morgan fingerprint density at radius 2 is 1.81 bits per heavy atom. The molecule has 0 heterocycles. The first-order valence-electron chi connectivity index (χ1n) is 6.87. The van der Waals surface area contributed by atoms with E-state index in [4.69, 9.17) is 5.11 Å². The third kappa shape index (κ3) is 2.85. The molecule has 3 rings (SSSR count). The zero-order valence-electron chi connectivity index (χ0n) is 11.5. The van der Waals surface area contributed by atoms with Gasteiger partial charge in [-0.15, -0.1) is 0 Å². The SMILES string of the molecule is O=S(=O)(NCC1Cc2ccccc21)c1ccc(CO)cc1. The van der Waals surface area contributed by atoms with Gasteiger partial charge in [-0.1, -0.05) is 36.4 Å². The largest absolute Gasteiger partial charge is 0.392 e. The number of hydrogen-bond acceptors (Lipinski definition) is 3. The van der Waals surface area contributed by atoms with Gasteiger partial charge in [-0.2, -0.15) is 0 Å². The minimum Gasteiger partial charge on any atom is -0.392 e. The maximum atomic E-state index is 12.2. The van der Waals surface area contributed by atoms with E-state index >= 15 is 0 Å². The van der Waals surface area contributed by atoms with Crippen molar-refractivity contribution in [1.82, 2.24) is 4.72 Å². The van der Waals surface area contributed by atoms with Crippen LogP contribution in [-0.4, -0.2) is 20.1 Å². The molecular weight excluding hydrogens is 286 g/mol. The van der Waals surface area contributed by atoms with Crippen LogP contribution in [0.4, 0.5) is 0 Å². The smallest absolute Gasteiger partial charge is 0.240 e. The Morgan fingerprint density at radius 3 is 2.48 bits per heavy atom. The molecule has 0 aromatic heterocycles. The summed E-state index contributed by atoms with van der Waals surface area (Å²) in [4.78, 5) is 0.229. The molecule has 1 aliphatic carbocycles. The number of hydrogen-bond donors (Lipinski definition) is 2. The lowest BCUT2D eigenvalue weighted by Crippen LogP contribution is -2.33. The van der Waals surface area contributed by atoms with Crippen LogP contribution in [-0.2, 0) is 23.1 Å². The molecule has 0 aliphatic heterocycles. The number of nitrogens with one attached hydrogen (secondary N) is 1. The first-order valence-corrected chi connectivity index (χ1v) is 8.36. The maximum Gasteiger partial charge on any atom is 0.240 e. The summed E-state index contributed by atoms with van der Waals surface area (Å²) in [6.07, 6.45) is 0.919. The Balaban J connectivity index is 1.67. The van der Waals surface area contributed by atoms with E-state index in [0.29, 0.717) is 12.1 Å². The highest BCUT2D eigenvalue weighted by Gasteiger charge is 2.26. The summed E-state index contributed by atoms with van der Waals surface area (Å²) in [5, 5.41) is 8.97. The standard InChI is InChI=1S/C16H17NO3S/c18-11-12-5-7-15(8-6-12)21(19,20)17-10-14-9-13-3-1-2-4-16(13)14/h1-8,14,17-18H,9-11H2. The molecule has 0 amide bonds. The molecule has 4 nitrogen and oxygen atoms in total. The fraction of sp³-hybridized carbons (Fsp3) is 0.250. The molecule has 1 aliphatic rings. The van der Waals surface area contributed by atoms with Crippen LogP contribution in [0.25, 0.3) is 0 Å². The van der Waals surface area contributed by atoms with Crippen molar-refractivity contribution in [3.8, 4) is 0 Å². The summed E-state index contributed by atoms with van der Waals surface area (Å²) in [7, 11) is -3.49. The molecule has 0 fully saturated rings. The fourth-order valence-electron chi connectivity index (χ4n) is 2.61. The van der Waals surface area contributed by atoms with Gasteiger partial charge < -0.3 is 5.11 Å². The molecule has 110 valence electrons. The van der Waals surface area contributed by atoms with Crippen LogP contribution in [0.1, 0.15) is 22.6 Å². The van der Waals surface area contributed by atoms with Crippen LogP contribution >= 0.6 is 0 Å². The van der Waals surface area contributed by atoms with Crippen LogP contribution < -0.4 is 4.72 Å². The van der Waals surface area contributed by atoms with Crippen LogP contribution in [0.15, 0.2) is 53.4 Å². The van der Waals surface area contributed by atoms with Gasteiger partial charge in [-0.3, -0.25) is 0 Å². The molecule has 0 spiro atoms. The lowest BCUT2D eigenvalue weighted by Gasteiger charge is -2.30. The van der Waals surface area contributed by atoms with Gasteiger partial charge in [0.15, 0.2) is 0 Å². The molecule has 1 unspecified atom stereocenters. The summed E-state index contributed by atoms with van der Waals surface area (Å²) in [5.41, 5.74) is 3.23. The van der Waals surface area contributed by atoms with Gasteiger partial charge in [-0.25, -0.2) is 13.1 Å². The molecule has 0 saturated carbocycles.